The van der Waals surface area contributed by atoms with Gasteiger partial charge < -0.3 is 19.7 Å². The molecule has 0 amide bonds. The van der Waals surface area contributed by atoms with Crippen LogP contribution in [0.4, 0.5) is 0 Å². The van der Waals surface area contributed by atoms with Crippen LogP contribution in [0.1, 0.15) is 129 Å². The lowest BCUT2D eigenvalue weighted by molar-refractivity contribution is -0.136. The molecule has 0 aromatic carbocycles. The maximum absolute atomic E-state index is 11.8. The highest BCUT2D eigenvalue weighted by atomic mass is 16.6. The number of rotatable bonds is 22. The summed E-state index contributed by atoms with van der Waals surface area (Å²) in [5.74, 6) is -2.21. The third-order valence-electron chi connectivity index (χ3n) is 7.27. The molecule has 0 radical (unpaired) electrons. The van der Waals surface area contributed by atoms with Gasteiger partial charge in [-0.3, -0.25) is 0 Å². The molecule has 4 atom stereocenters. The molecule has 2 rings (SSSR count). The third-order valence-corrected chi connectivity index (χ3v) is 7.27. The number of aliphatic carboxylic acids is 2. The molecule has 2 fully saturated rings. The van der Waals surface area contributed by atoms with Crippen LogP contribution in [-0.4, -0.2) is 46.6 Å². The van der Waals surface area contributed by atoms with Crippen molar-refractivity contribution in [3.63, 3.8) is 0 Å². The van der Waals surface area contributed by atoms with E-state index in [1.165, 1.54) is 64.2 Å². The molecule has 2 aliphatic heterocycles. The zero-order valence-corrected chi connectivity index (χ0v) is 21.6. The molecular formula is C28H48O6. The smallest absolute Gasteiger partial charge is 0.332 e. The Labute approximate surface area is 206 Å². The Morgan fingerprint density at radius 2 is 0.853 bits per heavy atom. The van der Waals surface area contributed by atoms with E-state index < -0.39 is 11.9 Å². The normalized spacial score (nSPS) is 24.1. The summed E-state index contributed by atoms with van der Waals surface area (Å²) in [6.07, 6.45) is 19.3. The van der Waals surface area contributed by atoms with Gasteiger partial charge in [-0.05, 0) is 51.4 Å². The van der Waals surface area contributed by atoms with Crippen molar-refractivity contribution in [3.05, 3.63) is 11.1 Å². The van der Waals surface area contributed by atoms with Gasteiger partial charge in [-0.15, -0.1) is 0 Å². The summed E-state index contributed by atoms with van der Waals surface area (Å²) < 4.78 is 11.5. The van der Waals surface area contributed by atoms with Crippen molar-refractivity contribution in [1.82, 2.24) is 0 Å². The van der Waals surface area contributed by atoms with E-state index in [9.17, 15) is 19.8 Å². The van der Waals surface area contributed by atoms with Crippen molar-refractivity contribution in [2.24, 2.45) is 0 Å². The molecule has 2 saturated heterocycles. The fourth-order valence-electron chi connectivity index (χ4n) is 5.01. The van der Waals surface area contributed by atoms with Crippen molar-refractivity contribution in [3.8, 4) is 0 Å². The highest BCUT2D eigenvalue weighted by molar-refractivity contribution is 5.98. The standard InChI is InChI=1S/C28H48O6/c1-3-5-7-9-11-17-23-25(33-23)19-13-15-21(27(29)30)22(28(31)32)16-14-20-26-24(34-26)18-12-10-8-6-4-2/h23-26H,3-20H2,1-2H3,(H,29,30)(H,31,32). The average molecular weight is 481 g/mol. The van der Waals surface area contributed by atoms with Gasteiger partial charge in [-0.25, -0.2) is 9.59 Å². The van der Waals surface area contributed by atoms with Gasteiger partial charge in [-0.2, -0.15) is 0 Å². The Morgan fingerprint density at radius 3 is 1.18 bits per heavy atom. The Hall–Kier alpha value is -1.40. The monoisotopic (exact) mass is 480 g/mol. The first-order valence-corrected chi connectivity index (χ1v) is 14.0. The summed E-state index contributed by atoms with van der Waals surface area (Å²) in [4.78, 5) is 23.6. The predicted octanol–water partition coefficient (Wildman–Crippen LogP) is 7.05. The second-order valence-corrected chi connectivity index (χ2v) is 10.2. The Balaban J connectivity index is 1.66. The second kappa shape index (κ2) is 16.3. The summed E-state index contributed by atoms with van der Waals surface area (Å²) in [6.45, 7) is 4.42. The van der Waals surface area contributed by atoms with Crippen molar-refractivity contribution in [2.75, 3.05) is 0 Å². The van der Waals surface area contributed by atoms with Gasteiger partial charge in [0.15, 0.2) is 0 Å². The molecule has 0 aromatic rings. The highest BCUT2D eigenvalue weighted by Crippen LogP contribution is 2.34. The largest absolute Gasteiger partial charge is 0.478 e. The van der Waals surface area contributed by atoms with E-state index in [0.717, 1.165) is 25.7 Å². The van der Waals surface area contributed by atoms with Crippen LogP contribution in [0, 0.1) is 0 Å². The highest BCUT2D eigenvalue weighted by Gasteiger charge is 2.38. The summed E-state index contributed by atoms with van der Waals surface area (Å²) in [7, 11) is 0. The minimum atomic E-state index is -1.10. The lowest BCUT2D eigenvalue weighted by Gasteiger charge is -2.09. The van der Waals surface area contributed by atoms with Crippen LogP contribution < -0.4 is 0 Å². The van der Waals surface area contributed by atoms with Crippen molar-refractivity contribution < 1.29 is 29.3 Å². The van der Waals surface area contributed by atoms with Crippen LogP contribution in [0.25, 0.3) is 0 Å². The van der Waals surface area contributed by atoms with Gasteiger partial charge >= 0.3 is 11.9 Å². The van der Waals surface area contributed by atoms with E-state index in [2.05, 4.69) is 13.8 Å². The van der Waals surface area contributed by atoms with E-state index >= 15 is 0 Å². The Morgan fingerprint density at radius 1 is 0.529 bits per heavy atom. The number of unbranched alkanes of at least 4 members (excludes halogenated alkanes) is 8. The minimum absolute atomic E-state index is 0.0634. The van der Waals surface area contributed by atoms with Gasteiger partial charge in [0, 0.05) is 11.1 Å². The maximum atomic E-state index is 11.8. The number of carboxylic acid groups (broad SMARTS) is 2. The van der Waals surface area contributed by atoms with Gasteiger partial charge in [0.1, 0.15) is 0 Å². The molecule has 34 heavy (non-hydrogen) atoms. The fourth-order valence-corrected chi connectivity index (χ4v) is 5.01. The predicted molar refractivity (Wildman–Crippen MR) is 134 cm³/mol. The quantitative estimate of drug-likeness (QED) is 0.0978. The molecule has 196 valence electrons. The van der Waals surface area contributed by atoms with Gasteiger partial charge in [-0.1, -0.05) is 78.1 Å². The molecule has 0 bridgehead atoms. The maximum Gasteiger partial charge on any atom is 0.332 e. The van der Waals surface area contributed by atoms with Crippen LogP contribution in [0.3, 0.4) is 0 Å². The number of hydrogen-bond donors (Lipinski definition) is 2. The van der Waals surface area contributed by atoms with E-state index in [-0.39, 0.29) is 23.4 Å². The molecule has 2 heterocycles. The third kappa shape index (κ3) is 11.4. The first-order chi connectivity index (χ1) is 16.5. The van der Waals surface area contributed by atoms with E-state index in [1.54, 1.807) is 0 Å². The molecule has 6 heteroatoms. The van der Waals surface area contributed by atoms with Crippen molar-refractivity contribution in [1.29, 1.82) is 0 Å². The molecule has 2 aliphatic rings. The minimum Gasteiger partial charge on any atom is -0.478 e. The molecule has 0 spiro atoms. The Kier molecular flexibility index (Phi) is 13.8. The zero-order valence-electron chi connectivity index (χ0n) is 21.6. The number of carboxylic acids is 2. The summed E-state index contributed by atoms with van der Waals surface area (Å²) >= 11 is 0. The van der Waals surface area contributed by atoms with Crippen LogP contribution in [0.15, 0.2) is 11.1 Å². The van der Waals surface area contributed by atoms with Gasteiger partial charge in [0.25, 0.3) is 0 Å². The van der Waals surface area contributed by atoms with E-state index in [0.29, 0.717) is 37.9 Å². The molecule has 6 nitrogen and oxygen atoms in total. The number of epoxide rings is 2. The molecule has 4 unspecified atom stereocenters. The summed E-state index contributed by atoms with van der Waals surface area (Å²) in [5, 5.41) is 19.3. The van der Waals surface area contributed by atoms with Crippen LogP contribution in [0.2, 0.25) is 0 Å². The van der Waals surface area contributed by atoms with Crippen LogP contribution >= 0.6 is 0 Å². The lowest BCUT2D eigenvalue weighted by atomic mass is 9.96. The first kappa shape index (κ1) is 28.8. The molecule has 0 saturated carbocycles. The zero-order chi connectivity index (χ0) is 24.8. The molecular weight excluding hydrogens is 432 g/mol. The number of ether oxygens (including phenoxy) is 2. The fraction of sp³-hybridized carbons (Fsp3) is 0.857. The summed E-state index contributed by atoms with van der Waals surface area (Å²) in [6, 6.07) is 0. The molecule has 0 aromatic heterocycles. The Bertz CT molecular complexity index is 589. The molecule has 2 N–H and O–H groups in total. The number of hydrogen-bond acceptors (Lipinski definition) is 4. The topological polar surface area (TPSA) is 99.7 Å². The van der Waals surface area contributed by atoms with Crippen LogP contribution in [-0.2, 0) is 19.1 Å². The van der Waals surface area contributed by atoms with Crippen molar-refractivity contribution >= 4 is 11.9 Å². The SMILES string of the molecule is CCCCCCCC1OC1CCCC(C(=O)O)=C(CCCC1OC1CCCCCCC)C(=O)O. The average Bonchev–Trinajstić information content (AvgIpc) is 3.72. The van der Waals surface area contributed by atoms with E-state index in [1.807, 2.05) is 0 Å². The number of carbonyl (C=O) groups is 2. The van der Waals surface area contributed by atoms with Crippen molar-refractivity contribution in [2.45, 2.75) is 154 Å². The molecule has 0 aliphatic carbocycles. The van der Waals surface area contributed by atoms with Crippen LogP contribution in [0.5, 0.6) is 0 Å². The van der Waals surface area contributed by atoms with Gasteiger partial charge in [0.05, 0.1) is 24.4 Å². The first-order valence-electron chi connectivity index (χ1n) is 14.0. The second-order valence-electron chi connectivity index (χ2n) is 10.2. The summed E-state index contributed by atoms with van der Waals surface area (Å²) in [5.41, 5.74) is 0.127. The van der Waals surface area contributed by atoms with E-state index in [4.69, 9.17) is 9.47 Å². The lowest BCUT2D eigenvalue weighted by Crippen LogP contribution is -2.12. The van der Waals surface area contributed by atoms with Gasteiger partial charge in [0.2, 0.25) is 0 Å².